The van der Waals surface area contributed by atoms with Gasteiger partial charge in [0, 0.05) is 18.9 Å². The molecule has 30 heavy (non-hydrogen) atoms. The Morgan fingerprint density at radius 1 is 1.43 bits per heavy atom. The molecule has 0 bridgehead atoms. The van der Waals surface area contributed by atoms with Crippen LogP contribution in [0.25, 0.3) is 0 Å². The number of hydrogen-bond donors (Lipinski definition) is 1. The van der Waals surface area contributed by atoms with Crippen LogP contribution in [0.5, 0.6) is 0 Å². The molecule has 2 saturated heterocycles. The highest BCUT2D eigenvalue weighted by Gasteiger charge is 2.56. The van der Waals surface area contributed by atoms with Gasteiger partial charge in [0.05, 0.1) is 23.7 Å². The average Bonchev–Trinajstić information content (AvgIpc) is 3.24. The summed E-state index contributed by atoms with van der Waals surface area (Å²) in [5, 5.41) is 9.65. The third-order valence-electron chi connectivity index (χ3n) is 5.56. The van der Waals surface area contributed by atoms with Crippen molar-refractivity contribution in [1.82, 2.24) is 0 Å². The molecule has 1 N–H and O–H groups in total. The lowest BCUT2D eigenvalue weighted by Crippen LogP contribution is -2.37. The zero-order chi connectivity index (χ0) is 22.1. The van der Waals surface area contributed by atoms with E-state index in [-0.39, 0.29) is 30.5 Å². The quantitative estimate of drug-likeness (QED) is 0.310. The minimum absolute atomic E-state index is 0.180. The summed E-state index contributed by atoms with van der Waals surface area (Å²) < 4.78 is 21.9. The van der Waals surface area contributed by atoms with E-state index in [0.29, 0.717) is 12.0 Å². The molecule has 0 spiro atoms. The maximum Gasteiger partial charge on any atom is 0.337 e. The number of aliphatic hydroxyl groups is 1. The van der Waals surface area contributed by atoms with Gasteiger partial charge in [0.1, 0.15) is 24.9 Å². The lowest BCUT2D eigenvalue weighted by molar-refractivity contribution is -0.150. The number of epoxide rings is 1. The molecule has 1 aliphatic carbocycles. The van der Waals surface area contributed by atoms with Gasteiger partial charge in [-0.2, -0.15) is 0 Å². The van der Waals surface area contributed by atoms with Crippen molar-refractivity contribution in [2.45, 2.75) is 51.1 Å². The standard InChI is InChI=1S/C22H26O8/c1-5-15(11-27-13(3)24)21(26)29-17-9-22(4)18(30-22)7-6-14(10-23)8-16-19(17)12(2)20(25)28-16/h5-8,16-19,23H,2,9-11H2,1,3-4H3/b7-6-,14-8+,15-5-/t16-,17-,18-,19+,22-/m1/s1. The first-order valence-corrected chi connectivity index (χ1v) is 9.75. The molecule has 8 nitrogen and oxygen atoms in total. The van der Waals surface area contributed by atoms with Crippen molar-refractivity contribution in [3.8, 4) is 0 Å². The van der Waals surface area contributed by atoms with Crippen molar-refractivity contribution in [2.75, 3.05) is 13.2 Å². The van der Waals surface area contributed by atoms with Crippen molar-refractivity contribution >= 4 is 17.9 Å². The molecule has 0 radical (unpaired) electrons. The van der Waals surface area contributed by atoms with Crippen LogP contribution in [0.2, 0.25) is 0 Å². The summed E-state index contributed by atoms with van der Waals surface area (Å²) in [6, 6.07) is 0. The van der Waals surface area contributed by atoms with E-state index in [4.69, 9.17) is 18.9 Å². The number of allylic oxidation sites excluding steroid dienone is 1. The minimum atomic E-state index is -0.772. The van der Waals surface area contributed by atoms with Crippen LogP contribution in [0.4, 0.5) is 0 Å². The van der Waals surface area contributed by atoms with E-state index in [1.54, 1.807) is 19.1 Å². The molecule has 0 saturated carbocycles. The Labute approximate surface area is 174 Å². The molecule has 3 aliphatic rings. The Hall–Kier alpha value is -2.71. The maximum absolute atomic E-state index is 12.8. The SMILES string of the molecule is C=C1C(=O)O[C@@H]2/C=C(CO)\C=C/[C@H]3O[C@]3(C)C[C@@H](OC(=O)/C(=C\C)COC(C)=O)[C@@H]12. The summed E-state index contributed by atoms with van der Waals surface area (Å²) in [6.07, 6.45) is 5.31. The Bertz CT molecular complexity index is 851. The van der Waals surface area contributed by atoms with E-state index < -0.39 is 41.6 Å². The van der Waals surface area contributed by atoms with Crippen LogP contribution in [-0.2, 0) is 33.3 Å². The van der Waals surface area contributed by atoms with Crippen LogP contribution >= 0.6 is 0 Å². The highest BCUT2D eigenvalue weighted by molar-refractivity contribution is 5.92. The smallest absolute Gasteiger partial charge is 0.337 e. The van der Waals surface area contributed by atoms with Crippen LogP contribution in [-0.4, -0.2) is 60.1 Å². The van der Waals surface area contributed by atoms with Gasteiger partial charge < -0.3 is 24.1 Å². The third kappa shape index (κ3) is 4.55. The summed E-state index contributed by atoms with van der Waals surface area (Å²) in [6.45, 7) is 8.15. The molecule has 162 valence electrons. The molecule has 3 rings (SSSR count). The zero-order valence-electron chi connectivity index (χ0n) is 17.3. The first-order chi connectivity index (χ1) is 14.2. The predicted octanol–water partition coefficient (Wildman–Crippen LogP) is 1.54. The highest BCUT2D eigenvalue weighted by Crippen LogP contribution is 2.46. The molecular weight excluding hydrogens is 392 g/mol. The first-order valence-electron chi connectivity index (χ1n) is 9.75. The van der Waals surface area contributed by atoms with Gasteiger partial charge in [0.15, 0.2) is 0 Å². The number of carbonyl (C=O) groups is 3. The second-order valence-electron chi connectivity index (χ2n) is 7.77. The van der Waals surface area contributed by atoms with Crippen LogP contribution in [0, 0.1) is 5.92 Å². The van der Waals surface area contributed by atoms with Gasteiger partial charge in [-0.25, -0.2) is 9.59 Å². The fourth-order valence-corrected chi connectivity index (χ4v) is 3.72. The van der Waals surface area contributed by atoms with Gasteiger partial charge in [-0.05, 0) is 25.5 Å². The normalized spacial score (nSPS) is 35.9. The van der Waals surface area contributed by atoms with Gasteiger partial charge in [0.2, 0.25) is 0 Å². The van der Waals surface area contributed by atoms with Crippen molar-refractivity contribution < 1.29 is 38.4 Å². The minimum Gasteiger partial charge on any atom is -0.461 e. The lowest BCUT2D eigenvalue weighted by atomic mass is 9.83. The maximum atomic E-state index is 12.8. The summed E-state index contributed by atoms with van der Waals surface area (Å²) in [7, 11) is 0. The molecule has 0 unspecified atom stereocenters. The van der Waals surface area contributed by atoms with Crippen molar-refractivity contribution in [1.29, 1.82) is 0 Å². The fourth-order valence-electron chi connectivity index (χ4n) is 3.72. The van der Waals surface area contributed by atoms with Crippen molar-refractivity contribution in [3.63, 3.8) is 0 Å². The molecule has 2 aliphatic heterocycles. The summed E-state index contributed by atoms with van der Waals surface area (Å²) >= 11 is 0. The van der Waals surface area contributed by atoms with Gasteiger partial charge in [-0.3, -0.25) is 4.79 Å². The van der Waals surface area contributed by atoms with Gasteiger partial charge in [-0.15, -0.1) is 0 Å². The number of rotatable bonds is 5. The molecule has 2 heterocycles. The van der Waals surface area contributed by atoms with Crippen molar-refractivity contribution in [3.05, 3.63) is 47.6 Å². The van der Waals surface area contributed by atoms with E-state index in [2.05, 4.69) is 6.58 Å². The molecular formula is C22H26O8. The molecule has 0 aromatic rings. The summed E-state index contributed by atoms with van der Waals surface area (Å²) in [5.74, 6) is -2.39. The average molecular weight is 418 g/mol. The van der Waals surface area contributed by atoms with E-state index in [1.165, 1.54) is 13.0 Å². The Balaban J connectivity index is 1.90. The second kappa shape index (κ2) is 8.57. The lowest BCUT2D eigenvalue weighted by Gasteiger charge is -2.28. The molecule has 0 aromatic carbocycles. The largest absolute Gasteiger partial charge is 0.461 e. The van der Waals surface area contributed by atoms with Gasteiger partial charge in [0.25, 0.3) is 0 Å². The summed E-state index contributed by atoms with van der Waals surface area (Å²) in [5.41, 5.74) is 0.335. The summed E-state index contributed by atoms with van der Waals surface area (Å²) in [4.78, 5) is 36.1. The predicted molar refractivity (Wildman–Crippen MR) is 105 cm³/mol. The van der Waals surface area contributed by atoms with Crippen LogP contribution in [0.1, 0.15) is 27.2 Å². The fraction of sp³-hybridized carbons (Fsp3) is 0.500. The molecule has 0 amide bonds. The monoisotopic (exact) mass is 418 g/mol. The van der Waals surface area contributed by atoms with E-state index in [1.807, 2.05) is 13.0 Å². The topological polar surface area (TPSA) is 112 Å². The van der Waals surface area contributed by atoms with Gasteiger partial charge in [-0.1, -0.05) is 24.8 Å². The third-order valence-corrected chi connectivity index (χ3v) is 5.56. The van der Waals surface area contributed by atoms with Crippen LogP contribution in [0.15, 0.2) is 47.6 Å². The number of aliphatic hydroxyl groups excluding tert-OH is 1. The van der Waals surface area contributed by atoms with Crippen LogP contribution in [0.3, 0.4) is 0 Å². The number of esters is 3. The first kappa shape index (κ1) is 22.0. The molecule has 5 atom stereocenters. The zero-order valence-corrected chi connectivity index (χ0v) is 17.3. The number of hydrogen-bond acceptors (Lipinski definition) is 8. The Morgan fingerprint density at radius 2 is 2.17 bits per heavy atom. The number of ether oxygens (including phenoxy) is 4. The van der Waals surface area contributed by atoms with Crippen molar-refractivity contribution in [2.24, 2.45) is 5.92 Å². The number of carbonyl (C=O) groups excluding carboxylic acids is 3. The number of fused-ring (bicyclic) bond motifs is 2. The Morgan fingerprint density at radius 3 is 2.80 bits per heavy atom. The Kier molecular flexibility index (Phi) is 6.28. The molecule has 8 heteroatoms. The molecule has 0 aromatic heterocycles. The van der Waals surface area contributed by atoms with Crippen LogP contribution < -0.4 is 0 Å². The highest BCUT2D eigenvalue weighted by atomic mass is 16.6. The van der Waals surface area contributed by atoms with Gasteiger partial charge >= 0.3 is 17.9 Å². The molecule has 2 fully saturated rings. The van der Waals surface area contributed by atoms with E-state index >= 15 is 0 Å². The van der Waals surface area contributed by atoms with E-state index in [0.717, 1.165) is 0 Å². The second-order valence-corrected chi connectivity index (χ2v) is 7.77. The van der Waals surface area contributed by atoms with E-state index in [9.17, 15) is 19.5 Å².